The second-order valence-electron chi connectivity index (χ2n) is 6.58. The zero-order chi connectivity index (χ0) is 18.9. The van der Waals surface area contributed by atoms with E-state index >= 15 is 0 Å². The summed E-state index contributed by atoms with van der Waals surface area (Å²) in [5, 5.41) is 7.39. The Balaban J connectivity index is 1.40. The van der Waals surface area contributed by atoms with Gasteiger partial charge < -0.3 is 9.55 Å². The Hall–Kier alpha value is -3.93. The Bertz CT molecular complexity index is 1290. The van der Waals surface area contributed by atoms with E-state index in [9.17, 15) is 4.79 Å². The van der Waals surface area contributed by atoms with E-state index in [2.05, 4.69) is 26.6 Å². The lowest BCUT2D eigenvalue weighted by Gasteiger charge is -2.05. The number of para-hydroxylation sites is 2. The van der Waals surface area contributed by atoms with Crippen LogP contribution in [0.4, 0.5) is 0 Å². The number of benzene rings is 2. The van der Waals surface area contributed by atoms with Crippen LogP contribution in [-0.2, 0) is 11.3 Å². The number of hydrogen-bond acceptors (Lipinski definition) is 3. The van der Waals surface area contributed by atoms with Crippen molar-refractivity contribution in [2.75, 3.05) is 0 Å². The van der Waals surface area contributed by atoms with E-state index in [1.807, 2.05) is 59.3 Å². The minimum atomic E-state index is -0.192. The summed E-state index contributed by atoms with van der Waals surface area (Å²) in [5.41, 5.74) is 6.52. The zero-order valence-electron chi connectivity index (χ0n) is 15.0. The minimum Gasteiger partial charge on any atom is -0.361 e. The third-order valence-corrected chi connectivity index (χ3v) is 4.89. The molecule has 0 unspecified atom stereocenters. The Morgan fingerprint density at radius 1 is 1.04 bits per heavy atom. The Kier molecular flexibility index (Phi) is 3.87. The van der Waals surface area contributed by atoms with Crippen LogP contribution in [0.1, 0.15) is 5.56 Å². The predicted octanol–water partition coefficient (Wildman–Crippen LogP) is 3.82. The molecule has 0 bridgehead atoms. The van der Waals surface area contributed by atoms with Crippen LogP contribution in [0.15, 0.2) is 78.3 Å². The second-order valence-corrected chi connectivity index (χ2v) is 6.58. The van der Waals surface area contributed by atoms with Gasteiger partial charge in [0.05, 0.1) is 17.9 Å². The Labute approximate surface area is 160 Å². The van der Waals surface area contributed by atoms with E-state index in [0.717, 1.165) is 38.3 Å². The molecule has 0 radical (unpaired) electrons. The fourth-order valence-electron chi connectivity index (χ4n) is 3.62. The highest BCUT2D eigenvalue weighted by atomic mass is 16.2. The average molecular weight is 367 g/mol. The van der Waals surface area contributed by atoms with Gasteiger partial charge in [-0.3, -0.25) is 9.78 Å². The average Bonchev–Trinajstić information content (AvgIpc) is 3.28. The maximum absolute atomic E-state index is 12.5. The number of amides is 1. The summed E-state index contributed by atoms with van der Waals surface area (Å²) in [6.07, 6.45) is 7.09. The fraction of sp³-hybridized carbons (Fsp3) is 0.0455. The zero-order valence-corrected chi connectivity index (χ0v) is 15.0. The molecule has 0 spiro atoms. The highest BCUT2D eigenvalue weighted by Gasteiger charge is 2.12. The Morgan fingerprint density at radius 3 is 2.75 bits per heavy atom. The summed E-state index contributed by atoms with van der Waals surface area (Å²) in [6.45, 7) is 0.168. The number of rotatable bonds is 4. The summed E-state index contributed by atoms with van der Waals surface area (Å²) in [4.78, 5) is 19.9. The second kappa shape index (κ2) is 6.66. The van der Waals surface area contributed by atoms with Crippen LogP contribution < -0.4 is 5.43 Å². The number of fused-ring (bicyclic) bond motifs is 4. The van der Waals surface area contributed by atoms with Crippen molar-refractivity contribution in [1.82, 2.24) is 20.0 Å². The van der Waals surface area contributed by atoms with Crippen molar-refractivity contribution >= 4 is 44.8 Å². The van der Waals surface area contributed by atoms with Crippen LogP contribution in [0.25, 0.3) is 32.7 Å². The Morgan fingerprint density at radius 2 is 1.82 bits per heavy atom. The molecule has 0 aliphatic rings. The quantitative estimate of drug-likeness (QED) is 0.374. The minimum absolute atomic E-state index is 0.168. The van der Waals surface area contributed by atoms with Crippen LogP contribution in [0, 0.1) is 0 Å². The maximum atomic E-state index is 12.5. The van der Waals surface area contributed by atoms with Gasteiger partial charge in [-0.1, -0.05) is 36.4 Å². The molecule has 6 nitrogen and oxygen atoms in total. The van der Waals surface area contributed by atoms with Crippen LogP contribution in [0.2, 0.25) is 0 Å². The van der Waals surface area contributed by atoms with Crippen LogP contribution in [-0.4, -0.2) is 26.7 Å². The smallest absolute Gasteiger partial charge is 0.260 e. The molecule has 2 aromatic carbocycles. The van der Waals surface area contributed by atoms with Gasteiger partial charge in [0, 0.05) is 45.1 Å². The molecule has 6 heteroatoms. The van der Waals surface area contributed by atoms with Crippen LogP contribution >= 0.6 is 0 Å². The summed E-state index contributed by atoms with van der Waals surface area (Å²) >= 11 is 0. The first-order chi connectivity index (χ1) is 13.8. The molecule has 3 aromatic heterocycles. The molecule has 5 rings (SSSR count). The molecule has 0 fully saturated rings. The molecule has 136 valence electrons. The lowest BCUT2D eigenvalue weighted by molar-refractivity contribution is -0.121. The van der Waals surface area contributed by atoms with Crippen molar-refractivity contribution in [2.45, 2.75) is 6.54 Å². The third kappa shape index (κ3) is 2.72. The molecule has 0 saturated carbocycles. The topological polar surface area (TPSA) is 75.1 Å². The van der Waals surface area contributed by atoms with Gasteiger partial charge in [-0.25, -0.2) is 5.43 Å². The molecule has 0 aliphatic heterocycles. The summed E-state index contributed by atoms with van der Waals surface area (Å²) in [7, 11) is 0. The first-order valence-corrected chi connectivity index (χ1v) is 9.00. The van der Waals surface area contributed by atoms with Gasteiger partial charge in [-0.2, -0.15) is 5.10 Å². The van der Waals surface area contributed by atoms with Gasteiger partial charge in [0.2, 0.25) is 0 Å². The van der Waals surface area contributed by atoms with Gasteiger partial charge in [0.15, 0.2) is 0 Å². The molecule has 0 atom stereocenters. The number of carbonyl (C=O) groups is 1. The van der Waals surface area contributed by atoms with Crippen molar-refractivity contribution in [1.29, 1.82) is 0 Å². The lowest BCUT2D eigenvalue weighted by Crippen LogP contribution is -2.23. The lowest BCUT2D eigenvalue weighted by atomic mass is 10.2. The monoisotopic (exact) mass is 367 g/mol. The first-order valence-electron chi connectivity index (χ1n) is 9.00. The van der Waals surface area contributed by atoms with Crippen LogP contribution in [0.3, 0.4) is 0 Å². The molecular formula is C22H17N5O. The van der Waals surface area contributed by atoms with E-state index in [-0.39, 0.29) is 12.5 Å². The number of hydrogen-bond donors (Lipinski definition) is 2. The van der Waals surface area contributed by atoms with Gasteiger partial charge >= 0.3 is 0 Å². The van der Waals surface area contributed by atoms with Crippen molar-refractivity contribution in [3.05, 3.63) is 78.8 Å². The van der Waals surface area contributed by atoms with Crippen molar-refractivity contribution in [3.63, 3.8) is 0 Å². The highest BCUT2D eigenvalue weighted by molar-refractivity contribution is 6.08. The van der Waals surface area contributed by atoms with Gasteiger partial charge in [0.1, 0.15) is 6.54 Å². The number of aromatic amines is 1. The molecule has 0 aliphatic carbocycles. The number of pyridine rings is 1. The summed E-state index contributed by atoms with van der Waals surface area (Å²) in [6, 6.07) is 18.0. The molecule has 0 saturated heterocycles. The number of nitrogens with zero attached hydrogens (tertiary/aromatic N) is 3. The SMILES string of the molecule is O=C(Cn1c2ccccc2c2ccncc21)N/N=C/c1c[nH]c2ccccc12. The predicted molar refractivity (Wildman–Crippen MR) is 111 cm³/mol. The summed E-state index contributed by atoms with van der Waals surface area (Å²) < 4.78 is 1.97. The number of aromatic nitrogens is 3. The number of carbonyl (C=O) groups excluding carboxylic acids is 1. The van der Waals surface area contributed by atoms with Crippen LogP contribution in [0.5, 0.6) is 0 Å². The van der Waals surface area contributed by atoms with Crippen molar-refractivity contribution in [3.8, 4) is 0 Å². The standard InChI is InChI=1S/C22H17N5O/c28-22(26-25-12-15-11-24-19-7-3-1-5-16(15)19)14-27-20-8-4-2-6-17(20)18-9-10-23-13-21(18)27/h1-13,24H,14H2,(H,26,28)/b25-12+. The van der Waals surface area contributed by atoms with E-state index in [0.29, 0.717) is 0 Å². The number of H-pyrrole nitrogens is 1. The molecule has 1 amide bonds. The molecular weight excluding hydrogens is 350 g/mol. The highest BCUT2D eigenvalue weighted by Crippen LogP contribution is 2.27. The van der Waals surface area contributed by atoms with E-state index in [1.165, 1.54) is 0 Å². The molecule has 5 aromatic rings. The van der Waals surface area contributed by atoms with E-state index < -0.39 is 0 Å². The van der Waals surface area contributed by atoms with E-state index in [4.69, 9.17) is 0 Å². The van der Waals surface area contributed by atoms with E-state index in [1.54, 1.807) is 18.6 Å². The normalized spacial score (nSPS) is 11.7. The molecule has 2 N–H and O–H groups in total. The number of nitrogens with one attached hydrogen (secondary N) is 2. The van der Waals surface area contributed by atoms with Crippen molar-refractivity contribution in [2.24, 2.45) is 5.10 Å². The third-order valence-electron chi connectivity index (χ3n) is 4.89. The first kappa shape index (κ1) is 16.3. The summed E-state index contributed by atoms with van der Waals surface area (Å²) in [5.74, 6) is -0.192. The fourth-order valence-corrected chi connectivity index (χ4v) is 3.62. The largest absolute Gasteiger partial charge is 0.361 e. The van der Waals surface area contributed by atoms with Gasteiger partial charge in [-0.05, 0) is 18.2 Å². The maximum Gasteiger partial charge on any atom is 0.260 e. The van der Waals surface area contributed by atoms with Gasteiger partial charge in [-0.15, -0.1) is 0 Å². The van der Waals surface area contributed by atoms with Crippen molar-refractivity contribution < 1.29 is 4.79 Å². The molecule has 3 heterocycles. The van der Waals surface area contributed by atoms with Gasteiger partial charge in [0.25, 0.3) is 5.91 Å². The number of hydrazone groups is 1. The molecule has 28 heavy (non-hydrogen) atoms.